The zero-order valence-electron chi connectivity index (χ0n) is 12.0. The summed E-state index contributed by atoms with van der Waals surface area (Å²) in [4.78, 5) is 12.2. The van der Waals surface area contributed by atoms with E-state index < -0.39 is 0 Å². The minimum absolute atomic E-state index is 0.271. The Kier molecular flexibility index (Phi) is 3.86. The maximum absolute atomic E-state index is 12.2. The summed E-state index contributed by atoms with van der Waals surface area (Å²) in [6.45, 7) is 0.458. The molecule has 7 heteroatoms. The standard InChI is InChI=1S/C15H15N5O2/c1-22-13-5-2-4-12(10-13)17-15(21)14-6-9-20(18-14)11-19-8-3-7-16-19/h2-10H,11H2,1H3,(H,17,21). The molecular formula is C15H15N5O2. The fourth-order valence-corrected chi connectivity index (χ4v) is 1.99. The van der Waals surface area contributed by atoms with E-state index in [0.29, 0.717) is 23.8 Å². The first-order valence-electron chi connectivity index (χ1n) is 6.71. The largest absolute Gasteiger partial charge is 0.497 e. The van der Waals surface area contributed by atoms with Gasteiger partial charge >= 0.3 is 0 Å². The fraction of sp³-hybridized carbons (Fsp3) is 0.133. The van der Waals surface area contributed by atoms with Crippen molar-refractivity contribution in [3.05, 3.63) is 60.7 Å². The highest BCUT2D eigenvalue weighted by molar-refractivity contribution is 6.02. The lowest BCUT2D eigenvalue weighted by Gasteiger charge is -2.05. The van der Waals surface area contributed by atoms with Crippen LogP contribution in [0.5, 0.6) is 5.75 Å². The number of amides is 1. The van der Waals surface area contributed by atoms with Crippen molar-refractivity contribution in [2.45, 2.75) is 6.67 Å². The summed E-state index contributed by atoms with van der Waals surface area (Å²) in [5, 5.41) is 11.1. The number of carbonyl (C=O) groups is 1. The summed E-state index contributed by atoms with van der Waals surface area (Å²) in [5.41, 5.74) is 1.00. The normalized spacial score (nSPS) is 10.4. The van der Waals surface area contributed by atoms with E-state index in [1.54, 1.807) is 47.1 Å². The van der Waals surface area contributed by atoms with E-state index in [-0.39, 0.29) is 5.91 Å². The monoisotopic (exact) mass is 297 g/mol. The molecule has 0 aliphatic carbocycles. The third-order valence-electron chi connectivity index (χ3n) is 3.05. The maximum atomic E-state index is 12.2. The van der Waals surface area contributed by atoms with Crippen molar-refractivity contribution in [1.82, 2.24) is 19.6 Å². The summed E-state index contributed by atoms with van der Waals surface area (Å²) in [5.74, 6) is 0.412. The molecule has 0 bridgehead atoms. The van der Waals surface area contributed by atoms with Gasteiger partial charge in [0.25, 0.3) is 5.91 Å². The number of carbonyl (C=O) groups excluding carboxylic acids is 1. The highest BCUT2D eigenvalue weighted by Crippen LogP contribution is 2.17. The lowest BCUT2D eigenvalue weighted by molar-refractivity contribution is 0.102. The van der Waals surface area contributed by atoms with Crippen molar-refractivity contribution in [3.63, 3.8) is 0 Å². The Bertz CT molecular complexity index is 764. The molecule has 3 aromatic rings. The number of aromatic nitrogens is 4. The molecule has 0 aliphatic heterocycles. The van der Waals surface area contributed by atoms with Crippen LogP contribution in [0.4, 0.5) is 5.69 Å². The van der Waals surface area contributed by atoms with Crippen LogP contribution < -0.4 is 10.1 Å². The van der Waals surface area contributed by atoms with Gasteiger partial charge < -0.3 is 10.1 Å². The number of rotatable bonds is 5. The Labute approximate surface area is 127 Å². The van der Waals surface area contributed by atoms with Crippen LogP contribution in [-0.2, 0) is 6.67 Å². The Morgan fingerprint density at radius 1 is 1.23 bits per heavy atom. The number of hydrogen-bond donors (Lipinski definition) is 1. The molecule has 112 valence electrons. The molecule has 1 aromatic carbocycles. The van der Waals surface area contributed by atoms with Crippen molar-refractivity contribution in [1.29, 1.82) is 0 Å². The average Bonchev–Trinajstić information content (AvgIpc) is 3.20. The van der Waals surface area contributed by atoms with Crippen LogP contribution in [0.3, 0.4) is 0 Å². The van der Waals surface area contributed by atoms with Crippen LogP contribution in [0.1, 0.15) is 10.5 Å². The van der Waals surface area contributed by atoms with Gasteiger partial charge in [0.1, 0.15) is 12.4 Å². The lowest BCUT2D eigenvalue weighted by Crippen LogP contribution is -2.14. The molecule has 2 aromatic heterocycles. The SMILES string of the molecule is COc1cccc(NC(=O)c2ccn(Cn3cccn3)n2)c1. The van der Waals surface area contributed by atoms with Crippen molar-refractivity contribution in [2.75, 3.05) is 12.4 Å². The highest BCUT2D eigenvalue weighted by atomic mass is 16.5. The molecular weight excluding hydrogens is 282 g/mol. The maximum Gasteiger partial charge on any atom is 0.276 e. The Hall–Kier alpha value is -3.09. The van der Waals surface area contributed by atoms with E-state index in [1.165, 1.54) is 0 Å². The average molecular weight is 297 g/mol. The Balaban J connectivity index is 1.68. The first-order chi connectivity index (χ1) is 10.7. The predicted octanol–water partition coefficient (Wildman–Crippen LogP) is 1.85. The molecule has 2 heterocycles. The number of ether oxygens (including phenoxy) is 1. The highest BCUT2D eigenvalue weighted by Gasteiger charge is 2.10. The van der Waals surface area contributed by atoms with Gasteiger partial charge in [-0.1, -0.05) is 6.07 Å². The zero-order chi connectivity index (χ0) is 15.4. The molecule has 1 amide bonds. The molecule has 0 atom stereocenters. The van der Waals surface area contributed by atoms with Crippen LogP contribution in [-0.4, -0.2) is 32.6 Å². The second kappa shape index (κ2) is 6.13. The number of nitrogens with zero attached hydrogens (tertiary/aromatic N) is 4. The van der Waals surface area contributed by atoms with Gasteiger partial charge in [-0.3, -0.25) is 14.2 Å². The van der Waals surface area contributed by atoms with E-state index in [9.17, 15) is 4.79 Å². The van der Waals surface area contributed by atoms with Gasteiger partial charge in [-0.15, -0.1) is 0 Å². The second-order valence-corrected chi connectivity index (χ2v) is 4.61. The molecule has 0 radical (unpaired) electrons. The third-order valence-corrected chi connectivity index (χ3v) is 3.05. The molecule has 0 aliphatic rings. The van der Waals surface area contributed by atoms with Crippen LogP contribution in [0.2, 0.25) is 0 Å². The molecule has 0 unspecified atom stereocenters. The minimum atomic E-state index is -0.271. The molecule has 0 saturated carbocycles. The molecule has 0 fully saturated rings. The van der Waals surface area contributed by atoms with E-state index in [0.717, 1.165) is 0 Å². The van der Waals surface area contributed by atoms with Crippen LogP contribution in [0, 0.1) is 0 Å². The van der Waals surface area contributed by atoms with Crippen LogP contribution in [0.15, 0.2) is 55.0 Å². The van der Waals surface area contributed by atoms with E-state index >= 15 is 0 Å². The van der Waals surface area contributed by atoms with Gasteiger partial charge in [0.15, 0.2) is 5.69 Å². The van der Waals surface area contributed by atoms with Crippen molar-refractivity contribution < 1.29 is 9.53 Å². The van der Waals surface area contributed by atoms with E-state index in [1.807, 2.05) is 24.4 Å². The smallest absolute Gasteiger partial charge is 0.276 e. The topological polar surface area (TPSA) is 74.0 Å². The molecule has 0 saturated heterocycles. The van der Waals surface area contributed by atoms with Crippen molar-refractivity contribution >= 4 is 11.6 Å². The van der Waals surface area contributed by atoms with E-state index in [4.69, 9.17) is 4.74 Å². The number of hydrogen-bond acceptors (Lipinski definition) is 4. The lowest BCUT2D eigenvalue weighted by atomic mass is 10.3. The number of benzene rings is 1. The van der Waals surface area contributed by atoms with Crippen molar-refractivity contribution in [2.24, 2.45) is 0 Å². The number of anilines is 1. The van der Waals surface area contributed by atoms with Crippen LogP contribution >= 0.6 is 0 Å². The summed E-state index contributed by atoms with van der Waals surface area (Å²) in [7, 11) is 1.58. The molecule has 1 N–H and O–H groups in total. The van der Waals surface area contributed by atoms with Crippen LogP contribution in [0.25, 0.3) is 0 Å². The number of methoxy groups -OCH3 is 1. The fourth-order valence-electron chi connectivity index (χ4n) is 1.99. The third kappa shape index (κ3) is 3.14. The number of nitrogens with one attached hydrogen (secondary N) is 1. The Morgan fingerprint density at radius 3 is 2.91 bits per heavy atom. The molecule has 3 rings (SSSR count). The quantitative estimate of drug-likeness (QED) is 0.780. The first-order valence-corrected chi connectivity index (χ1v) is 6.71. The van der Waals surface area contributed by atoms with Gasteiger partial charge in [0, 0.05) is 30.3 Å². The Morgan fingerprint density at radius 2 is 2.14 bits per heavy atom. The van der Waals surface area contributed by atoms with Crippen molar-refractivity contribution in [3.8, 4) is 5.75 Å². The van der Waals surface area contributed by atoms with Gasteiger partial charge in [-0.05, 0) is 24.3 Å². The van der Waals surface area contributed by atoms with Gasteiger partial charge in [-0.2, -0.15) is 10.2 Å². The summed E-state index contributed by atoms with van der Waals surface area (Å²) in [6.07, 6.45) is 5.26. The first kappa shape index (κ1) is 13.9. The summed E-state index contributed by atoms with van der Waals surface area (Å²) >= 11 is 0. The molecule has 7 nitrogen and oxygen atoms in total. The van der Waals surface area contributed by atoms with Gasteiger partial charge in [0.05, 0.1) is 7.11 Å². The van der Waals surface area contributed by atoms with Gasteiger partial charge in [0.2, 0.25) is 0 Å². The van der Waals surface area contributed by atoms with Gasteiger partial charge in [-0.25, -0.2) is 0 Å². The summed E-state index contributed by atoms with van der Waals surface area (Å²) in [6, 6.07) is 10.7. The summed E-state index contributed by atoms with van der Waals surface area (Å²) < 4.78 is 8.49. The predicted molar refractivity (Wildman–Crippen MR) is 80.8 cm³/mol. The molecule has 22 heavy (non-hydrogen) atoms. The molecule has 0 spiro atoms. The zero-order valence-corrected chi connectivity index (χ0v) is 12.0. The second-order valence-electron chi connectivity index (χ2n) is 4.61. The minimum Gasteiger partial charge on any atom is -0.497 e. The van der Waals surface area contributed by atoms with E-state index in [2.05, 4.69) is 15.5 Å².